The first-order chi connectivity index (χ1) is 15.9. The van der Waals surface area contributed by atoms with Crippen LogP contribution in [0, 0.1) is 12.3 Å². The minimum absolute atomic E-state index is 0.112. The molecule has 3 aromatic rings. The van der Waals surface area contributed by atoms with Crippen molar-refractivity contribution in [1.29, 1.82) is 0 Å². The Labute approximate surface area is 196 Å². The number of carbonyl (C=O) groups excluding carboxylic acids is 1. The van der Waals surface area contributed by atoms with E-state index in [1.165, 1.54) is 23.6 Å². The largest absolute Gasteiger partial charge is 0.469 e. The highest BCUT2D eigenvalue weighted by Gasteiger charge is 2.55. The Bertz CT molecular complexity index is 1200. The van der Waals surface area contributed by atoms with E-state index in [9.17, 15) is 10.0 Å². The second-order valence-corrected chi connectivity index (χ2v) is 9.86. The van der Waals surface area contributed by atoms with E-state index >= 15 is 0 Å². The zero-order valence-electron chi connectivity index (χ0n) is 19.0. The van der Waals surface area contributed by atoms with E-state index in [0.29, 0.717) is 33.8 Å². The number of imidazole rings is 1. The van der Waals surface area contributed by atoms with Crippen LogP contribution < -0.4 is 0 Å². The maximum Gasteiger partial charge on any atom is 0.311 e. The number of pyridine rings is 1. The Hall–Kier alpha value is -2.94. The third-order valence-corrected chi connectivity index (χ3v) is 7.94. The van der Waals surface area contributed by atoms with Crippen LogP contribution in [0.15, 0.2) is 35.6 Å². The minimum atomic E-state index is -0.396. The van der Waals surface area contributed by atoms with Gasteiger partial charge in [-0.15, -0.1) is 0 Å². The molecule has 0 aliphatic heterocycles. The number of thioether (sulfide) groups is 1. The normalized spacial score (nSPS) is 24.1. The Morgan fingerprint density at radius 2 is 1.79 bits per heavy atom. The van der Waals surface area contributed by atoms with Crippen LogP contribution in [-0.4, -0.2) is 49.2 Å². The lowest BCUT2D eigenvalue weighted by Crippen LogP contribution is -2.49. The molecule has 6 rings (SSSR count). The molecule has 3 saturated carbocycles. The number of hydrogen-bond donors (Lipinski definition) is 1. The summed E-state index contributed by atoms with van der Waals surface area (Å²) in [4.78, 5) is 31.0. The molecule has 33 heavy (non-hydrogen) atoms. The molecule has 0 aromatic carbocycles. The summed E-state index contributed by atoms with van der Waals surface area (Å²) in [5.41, 5.74) is 2.59. The van der Waals surface area contributed by atoms with Crippen LogP contribution in [0.5, 0.6) is 0 Å². The van der Waals surface area contributed by atoms with E-state index in [1.54, 1.807) is 12.3 Å². The Balaban J connectivity index is 1.64. The Morgan fingerprint density at radius 1 is 1.06 bits per heavy atom. The monoisotopic (exact) mass is 465 g/mol. The van der Waals surface area contributed by atoms with Crippen LogP contribution in [0.3, 0.4) is 0 Å². The van der Waals surface area contributed by atoms with Gasteiger partial charge in [0.1, 0.15) is 11.4 Å². The van der Waals surface area contributed by atoms with Crippen molar-refractivity contribution in [2.45, 2.75) is 56.0 Å². The van der Waals surface area contributed by atoms with Gasteiger partial charge >= 0.3 is 5.97 Å². The molecule has 3 fully saturated rings. The van der Waals surface area contributed by atoms with Gasteiger partial charge in [-0.3, -0.25) is 9.78 Å². The molecule has 0 atom stereocenters. The summed E-state index contributed by atoms with van der Waals surface area (Å²) >= 11 is 1.44. The van der Waals surface area contributed by atoms with E-state index in [0.717, 1.165) is 44.2 Å². The lowest BCUT2D eigenvalue weighted by atomic mass is 9.53. The highest BCUT2D eigenvalue weighted by molar-refractivity contribution is 7.98. The van der Waals surface area contributed by atoms with Crippen molar-refractivity contribution in [3.05, 3.63) is 42.0 Å². The first-order valence-electron chi connectivity index (χ1n) is 11.1. The van der Waals surface area contributed by atoms with E-state index < -0.39 is 5.41 Å². The zero-order valence-corrected chi connectivity index (χ0v) is 19.9. The van der Waals surface area contributed by atoms with Crippen molar-refractivity contribution < 1.29 is 14.7 Å². The van der Waals surface area contributed by atoms with Gasteiger partial charge in [0.2, 0.25) is 0 Å². The SMILES string of the molecule is COC(=O)C12CCC(c3nc(-c4cccc(C)n4)c(-c4ccnc(SC)n4)n3O)(CC1)CC2. The van der Waals surface area contributed by atoms with E-state index in [2.05, 4.69) is 15.0 Å². The van der Waals surface area contributed by atoms with Gasteiger partial charge in [0.05, 0.1) is 23.9 Å². The number of aryl methyl sites for hydroxylation is 1. The number of carbonyl (C=O) groups is 1. The van der Waals surface area contributed by atoms with Gasteiger partial charge in [-0.2, -0.15) is 4.73 Å². The second-order valence-electron chi connectivity index (χ2n) is 9.09. The fraction of sp³-hybridized carbons (Fsp3) is 0.458. The van der Waals surface area contributed by atoms with E-state index in [4.69, 9.17) is 9.72 Å². The number of methoxy groups -OCH3 is 1. The summed E-state index contributed by atoms with van der Waals surface area (Å²) in [5.74, 6) is 0.511. The average molecular weight is 466 g/mol. The summed E-state index contributed by atoms with van der Waals surface area (Å²) in [5, 5.41) is 12.1. The van der Waals surface area contributed by atoms with Crippen LogP contribution >= 0.6 is 11.8 Å². The van der Waals surface area contributed by atoms with Crippen LogP contribution in [0.25, 0.3) is 22.8 Å². The third-order valence-electron chi connectivity index (χ3n) is 7.38. The minimum Gasteiger partial charge on any atom is -0.469 e. The molecule has 3 aliphatic carbocycles. The summed E-state index contributed by atoms with van der Waals surface area (Å²) in [6.45, 7) is 1.93. The first kappa shape index (κ1) is 21.9. The molecule has 0 radical (unpaired) electrons. The quantitative estimate of drug-likeness (QED) is 0.255. The zero-order chi connectivity index (χ0) is 23.2. The van der Waals surface area contributed by atoms with Gasteiger partial charge < -0.3 is 9.94 Å². The molecule has 8 nitrogen and oxygen atoms in total. The molecule has 172 valence electrons. The smallest absolute Gasteiger partial charge is 0.311 e. The number of fused-ring (bicyclic) bond motifs is 3. The summed E-state index contributed by atoms with van der Waals surface area (Å²) in [6.07, 6.45) is 8.16. The average Bonchev–Trinajstić information content (AvgIpc) is 3.22. The topological polar surface area (TPSA) is 103 Å². The molecule has 2 bridgehead atoms. The van der Waals surface area contributed by atoms with Crippen molar-refractivity contribution in [2.24, 2.45) is 5.41 Å². The summed E-state index contributed by atoms with van der Waals surface area (Å²) < 4.78 is 6.32. The Kier molecular flexibility index (Phi) is 5.39. The van der Waals surface area contributed by atoms with E-state index in [-0.39, 0.29) is 11.4 Å². The lowest BCUT2D eigenvalue weighted by molar-refractivity contribution is -0.160. The molecule has 3 aliphatic rings. The third kappa shape index (κ3) is 3.49. The molecule has 1 N–H and O–H groups in total. The summed E-state index contributed by atoms with van der Waals surface area (Å²) in [7, 11) is 1.46. The van der Waals surface area contributed by atoms with Crippen LogP contribution in [0.2, 0.25) is 0 Å². The van der Waals surface area contributed by atoms with Crippen molar-refractivity contribution >= 4 is 17.7 Å². The standard InChI is InChI=1S/C24H27N5O3S/c1-15-5-4-6-16(26-15)18-19(17-7-14-25-22(27-17)33-3)29(31)20(28-18)23-8-11-24(12-9-23,13-10-23)21(30)32-2/h4-7,14,31H,8-13H2,1-3H3. The van der Waals surface area contributed by atoms with Crippen molar-refractivity contribution in [1.82, 2.24) is 24.7 Å². The van der Waals surface area contributed by atoms with E-state index in [1.807, 2.05) is 31.4 Å². The molecule has 0 amide bonds. The highest BCUT2D eigenvalue weighted by atomic mass is 32.2. The number of esters is 1. The van der Waals surface area contributed by atoms with Crippen molar-refractivity contribution in [3.8, 4) is 22.8 Å². The van der Waals surface area contributed by atoms with Crippen molar-refractivity contribution in [3.63, 3.8) is 0 Å². The number of hydrogen-bond acceptors (Lipinski definition) is 8. The maximum atomic E-state index is 12.5. The molecular weight excluding hydrogens is 438 g/mol. The molecule has 0 saturated heterocycles. The highest BCUT2D eigenvalue weighted by Crippen LogP contribution is 2.58. The van der Waals surface area contributed by atoms with Gasteiger partial charge in [-0.1, -0.05) is 17.8 Å². The summed E-state index contributed by atoms with van der Waals surface area (Å²) in [6, 6.07) is 7.56. The first-order valence-corrected chi connectivity index (χ1v) is 12.4. The predicted octanol–water partition coefficient (Wildman–Crippen LogP) is 4.43. The fourth-order valence-corrected chi connectivity index (χ4v) is 5.81. The molecule has 3 aromatic heterocycles. The number of ether oxygens (including phenoxy) is 1. The van der Waals surface area contributed by atoms with Gasteiger partial charge in [0.25, 0.3) is 0 Å². The van der Waals surface area contributed by atoms with Gasteiger partial charge in [0.15, 0.2) is 11.0 Å². The van der Waals surface area contributed by atoms with Gasteiger partial charge in [-0.25, -0.2) is 15.0 Å². The Morgan fingerprint density at radius 3 is 2.42 bits per heavy atom. The molecule has 0 unspecified atom stereocenters. The van der Waals surface area contributed by atoms with Crippen LogP contribution in [-0.2, 0) is 14.9 Å². The number of nitrogens with zero attached hydrogens (tertiary/aromatic N) is 5. The van der Waals surface area contributed by atoms with Gasteiger partial charge in [-0.05, 0) is 69.9 Å². The molecule has 0 spiro atoms. The number of aromatic nitrogens is 5. The fourth-order valence-electron chi connectivity index (χ4n) is 5.45. The molecular formula is C24H27N5O3S. The van der Waals surface area contributed by atoms with Crippen LogP contribution in [0.1, 0.15) is 50.0 Å². The van der Waals surface area contributed by atoms with Crippen molar-refractivity contribution in [2.75, 3.05) is 13.4 Å². The van der Waals surface area contributed by atoms with Gasteiger partial charge in [0, 0.05) is 17.3 Å². The molecule has 9 heteroatoms. The maximum absolute atomic E-state index is 12.5. The predicted molar refractivity (Wildman–Crippen MR) is 124 cm³/mol. The van der Waals surface area contributed by atoms with Crippen LogP contribution in [0.4, 0.5) is 0 Å². The lowest BCUT2D eigenvalue weighted by Gasteiger charge is -2.50. The second kappa shape index (κ2) is 8.13. The molecule has 3 heterocycles. The number of rotatable bonds is 5.